The number of aromatic nitrogens is 3. The van der Waals surface area contributed by atoms with Crippen LogP contribution in [-0.2, 0) is 6.61 Å². The summed E-state index contributed by atoms with van der Waals surface area (Å²) in [5, 5.41) is 3.87. The van der Waals surface area contributed by atoms with Gasteiger partial charge in [0.25, 0.3) is 0 Å². The molecule has 2 aromatic heterocycles. The molecule has 3 rings (SSSR count). The minimum absolute atomic E-state index is 0.305. The number of hydrogen-bond donors (Lipinski definition) is 0. The molecular formula is C11H10BrN3O2. The summed E-state index contributed by atoms with van der Waals surface area (Å²) >= 11 is 3.26. The van der Waals surface area contributed by atoms with E-state index in [4.69, 9.17) is 9.26 Å². The largest absolute Gasteiger partial charge is 0.484 e. The first-order valence-electron chi connectivity index (χ1n) is 5.38. The van der Waals surface area contributed by atoms with Gasteiger partial charge in [0.2, 0.25) is 11.7 Å². The average Bonchev–Trinajstić information content (AvgIpc) is 3.09. The van der Waals surface area contributed by atoms with E-state index in [1.807, 2.05) is 12.1 Å². The van der Waals surface area contributed by atoms with E-state index in [0.29, 0.717) is 24.1 Å². The molecular weight excluding hydrogens is 286 g/mol. The molecule has 0 saturated heterocycles. The quantitative estimate of drug-likeness (QED) is 0.812. The molecule has 0 amide bonds. The number of halogens is 1. The summed E-state index contributed by atoms with van der Waals surface area (Å²) in [7, 11) is 0. The summed E-state index contributed by atoms with van der Waals surface area (Å²) in [6.45, 7) is 0.305. The first-order chi connectivity index (χ1) is 8.31. The third kappa shape index (κ3) is 2.63. The first kappa shape index (κ1) is 10.7. The van der Waals surface area contributed by atoms with Gasteiger partial charge in [-0.1, -0.05) is 5.16 Å². The lowest BCUT2D eigenvalue weighted by atomic mass is 10.4. The van der Waals surface area contributed by atoms with E-state index >= 15 is 0 Å². The van der Waals surface area contributed by atoms with Crippen molar-refractivity contribution in [1.82, 2.24) is 15.1 Å². The number of ether oxygens (including phenoxy) is 1. The molecule has 88 valence electrons. The van der Waals surface area contributed by atoms with Gasteiger partial charge in [0.15, 0.2) is 6.61 Å². The maximum atomic E-state index is 5.49. The van der Waals surface area contributed by atoms with Crippen molar-refractivity contribution in [3.05, 3.63) is 34.6 Å². The lowest BCUT2D eigenvalue weighted by Gasteiger charge is -2.01. The van der Waals surface area contributed by atoms with Crippen LogP contribution in [0.3, 0.4) is 0 Å². The predicted octanol–water partition coefficient (Wildman–Crippen LogP) is 2.68. The van der Waals surface area contributed by atoms with Crippen LogP contribution in [0.15, 0.2) is 27.5 Å². The summed E-state index contributed by atoms with van der Waals surface area (Å²) < 4.78 is 11.4. The van der Waals surface area contributed by atoms with Crippen LogP contribution in [0, 0.1) is 0 Å². The number of hydrogen-bond acceptors (Lipinski definition) is 5. The van der Waals surface area contributed by atoms with E-state index in [1.54, 1.807) is 6.20 Å². The smallest absolute Gasteiger partial charge is 0.229 e. The molecule has 0 spiro atoms. The lowest BCUT2D eigenvalue weighted by Crippen LogP contribution is -1.98. The van der Waals surface area contributed by atoms with Crippen molar-refractivity contribution in [1.29, 1.82) is 0 Å². The van der Waals surface area contributed by atoms with Crippen LogP contribution >= 0.6 is 15.9 Å². The van der Waals surface area contributed by atoms with Gasteiger partial charge in [-0.05, 0) is 40.9 Å². The van der Waals surface area contributed by atoms with Crippen LogP contribution in [0.25, 0.3) is 0 Å². The molecule has 1 saturated carbocycles. The molecule has 1 aliphatic rings. The Morgan fingerprint density at radius 3 is 3.00 bits per heavy atom. The van der Waals surface area contributed by atoms with Crippen molar-refractivity contribution in [2.24, 2.45) is 0 Å². The fourth-order valence-corrected chi connectivity index (χ4v) is 1.65. The second kappa shape index (κ2) is 4.44. The van der Waals surface area contributed by atoms with Gasteiger partial charge in [0, 0.05) is 5.92 Å². The van der Waals surface area contributed by atoms with Crippen LogP contribution in [0.4, 0.5) is 0 Å². The molecule has 0 radical (unpaired) electrons. The topological polar surface area (TPSA) is 61.0 Å². The van der Waals surface area contributed by atoms with Crippen LogP contribution < -0.4 is 4.74 Å². The molecule has 0 aromatic carbocycles. The minimum Gasteiger partial charge on any atom is -0.484 e. The Bertz CT molecular complexity index is 508. The average molecular weight is 296 g/mol. The second-order valence-corrected chi connectivity index (χ2v) is 4.74. The lowest BCUT2D eigenvalue weighted by molar-refractivity contribution is 0.284. The van der Waals surface area contributed by atoms with E-state index in [2.05, 4.69) is 31.1 Å². The van der Waals surface area contributed by atoms with Gasteiger partial charge in [-0.15, -0.1) is 0 Å². The van der Waals surface area contributed by atoms with Crippen molar-refractivity contribution in [3.8, 4) is 5.75 Å². The molecule has 1 fully saturated rings. The molecule has 17 heavy (non-hydrogen) atoms. The highest BCUT2D eigenvalue weighted by Crippen LogP contribution is 2.38. The van der Waals surface area contributed by atoms with Crippen LogP contribution in [0.1, 0.15) is 30.5 Å². The number of nitrogens with zero attached hydrogens (tertiary/aromatic N) is 3. The zero-order chi connectivity index (χ0) is 11.7. The fourth-order valence-electron chi connectivity index (χ4n) is 1.42. The summed E-state index contributed by atoms with van der Waals surface area (Å²) in [5.41, 5.74) is 0. The summed E-state index contributed by atoms with van der Waals surface area (Å²) in [6.07, 6.45) is 3.95. The predicted molar refractivity (Wildman–Crippen MR) is 62.5 cm³/mol. The van der Waals surface area contributed by atoms with E-state index in [0.717, 1.165) is 23.3 Å². The van der Waals surface area contributed by atoms with Crippen molar-refractivity contribution in [3.63, 3.8) is 0 Å². The molecule has 2 heterocycles. The molecule has 0 bridgehead atoms. The van der Waals surface area contributed by atoms with Gasteiger partial charge in [0.1, 0.15) is 10.4 Å². The van der Waals surface area contributed by atoms with Crippen molar-refractivity contribution in [2.45, 2.75) is 25.4 Å². The molecule has 1 aliphatic carbocycles. The summed E-state index contributed by atoms with van der Waals surface area (Å²) in [5.74, 6) is 2.48. The fraction of sp³-hybridized carbons (Fsp3) is 0.364. The van der Waals surface area contributed by atoms with Gasteiger partial charge in [-0.3, -0.25) is 0 Å². The van der Waals surface area contributed by atoms with E-state index in [1.165, 1.54) is 0 Å². The van der Waals surface area contributed by atoms with Gasteiger partial charge < -0.3 is 9.26 Å². The Morgan fingerprint density at radius 1 is 1.41 bits per heavy atom. The van der Waals surface area contributed by atoms with Gasteiger partial charge >= 0.3 is 0 Å². The Balaban J connectivity index is 1.60. The first-order valence-corrected chi connectivity index (χ1v) is 6.17. The van der Waals surface area contributed by atoms with Gasteiger partial charge in [-0.25, -0.2) is 4.98 Å². The molecule has 5 nitrogen and oxygen atoms in total. The number of rotatable bonds is 4. The zero-order valence-electron chi connectivity index (χ0n) is 8.97. The number of pyridine rings is 1. The van der Waals surface area contributed by atoms with Crippen molar-refractivity contribution < 1.29 is 9.26 Å². The molecule has 0 atom stereocenters. The SMILES string of the molecule is Brc1ccc(OCc2noc(C3CC3)n2)cn1. The van der Waals surface area contributed by atoms with Gasteiger partial charge in [-0.2, -0.15) is 4.98 Å². The van der Waals surface area contributed by atoms with Gasteiger partial charge in [0.05, 0.1) is 6.20 Å². The van der Waals surface area contributed by atoms with E-state index in [-0.39, 0.29) is 0 Å². The molecule has 0 unspecified atom stereocenters. The summed E-state index contributed by atoms with van der Waals surface area (Å²) in [4.78, 5) is 8.33. The summed E-state index contributed by atoms with van der Waals surface area (Å²) in [6, 6.07) is 3.65. The minimum atomic E-state index is 0.305. The Kier molecular flexibility index (Phi) is 2.80. The van der Waals surface area contributed by atoms with E-state index in [9.17, 15) is 0 Å². The Morgan fingerprint density at radius 2 is 2.29 bits per heavy atom. The normalized spacial score (nSPS) is 14.9. The van der Waals surface area contributed by atoms with Crippen LogP contribution in [-0.4, -0.2) is 15.1 Å². The Hall–Kier alpha value is -1.43. The highest BCUT2D eigenvalue weighted by Gasteiger charge is 2.29. The molecule has 6 heteroatoms. The second-order valence-electron chi connectivity index (χ2n) is 3.93. The Labute approximate surface area is 106 Å². The maximum absolute atomic E-state index is 5.49. The van der Waals surface area contributed by atoms with Crippen LogP contribution in [0.5, 0.6) is 5.75 Å². The molecule has 2 aromatic rings. The highest BCUT2D eigenvalue weighted by atomic mass is 79.9. The monoisotopic (exact) mass is 295 g/mol. The molecule has 0 aliphatic heterocycles. The highest BCUT2D eigenvalue weighted by molar-refractivity contribution is 9.10. The molecule has 0 N–H and O–H groups in total. The van der Waals surface area contributed by atoms with Crippen molar-refractivity contribution >= 4 is 15.9 Å². The maximum Gasteiger partial charge on any atom is 0.229 e. The van der Waals surface area contributed by atoms with Crippen molar-refractivity contribution in [2.75, 3.05) is 0 Å². The van der Waals surface area contributed by atoms with Crippen LogP contribution in [0.2, 0.25) is 0 Å². The van der Waals surface area contributed by atoms with E-state index < -0.39 is 0 Å². The standard InChI is InChI=1S/C11H10BrN3O2/c12-9-4-3-8(5-13-9)16-6-10-14-11(17-15-10)7-1-2-7/h3-5,7H,1-2,6H2. The third-order valence-corrected chi connectivity index (χ3v) is 2.95. The zero-order valence-corrected chi connectivity index (χ0v) is 10.6. The third-order valence-electron chi connectivity index (χ3n) is 2.48.